The molecule has 1 saturated carbocycles. The normalized spacial score (nSPS) is 16.8. The maximum Gasteiger partial charge on any atom is 0.175 e. The van der Waals surface area contributed by atoms with Crippen molar-refractivity contribution in [3.63, 3.8) is 0 Å². The van der Waals surface area contributed by atoms with E-state index < -0.39 is 9.84 Å². The van der Waals surface area contributed by atoms with Crippen molar-refractivity contribution < 1.29 is 13.2 Å². The van der Waals surface area contributed by atoms with Gasteiger partial charge in [-0.25, -0.2) is 8.42 Å². The van der Waals surface area contributed by atoms with Crippen LogP contribution in [0.4, 0.5) is 0 Å². The summed E-state index contributed by atoms with van der Waals surface area (Å²) in [4.78, 5) is 0.306. The van der Waals surface area contributed by atoms with Crippen LogP contribution in [0.5, 0.6) is 5.75 Å². The molecule has 2 rings (SSSR count). The van der Waals surface area contributed by atoms with Crippen molar-refractivity contribution in [2.75, 3.05) is 19.4 Å². The van der Waals surface area contributed by atoms with Gasteiger partial charge in [-0.3, -0.25) is 0 Å². The van der Waals surface area contributed by atoms with Gasteiger partial charge in [0.1, 0.15) is 5.75 Å². The molecular weight excluding hydrogens is 286 g/mol. The largest absolute Gasteiger partial charge is 0.494 e. The highest BCUT2D eigenvalue weighted by Crippen LogP contribution is 2.18. The van der Waals surface area contributed by atoms with Crippen LogP contribution in [0.3, 0.4) is 0 Å². The summed E-state index contributed by atoms with van der Waals surface area (Å²) in [7, 11) is -3.17. The molecular formula is C16H25NO3S. The van der Waals surface area contributed by atoms with Crippen LogP contribution in [0.2, 0.25) is 0 Å². The molecule has 0 unspecified atom stereocenters. The Labute approximate surface area is 127 Å². The maximum atomic E-state index is 11.5. The third-order valence-electron chi connectivity index (χ3n) is 3.86. The average molecular weight is 311 g/mol. The molecule has 118 valence electrons. The Hall–Kier alpha value is -1.07. The van der Waals surface area contributed by atoms with E-state index in [1.165, 1.54) is 38.4 Å². The molecule has 1 aromatic carbocycles. The second kappa shape index (κ2) is 7.80. The van der Waals surface area contributed by atoms with Crippen molar-refractivity contribution in [3.05, 3.63) is 24.3 Å². The maximum absolute atomic E-state index is 11.5. The van der Waals surface area contributed by atoms with Crippen LogP contribution >= 0.6 is 0 Å². The Morgan fingerprint density at radius 1 is 1.24 bits per heavy atom. The van der Waals surface area contributed by atoms with Crippen LogP contribution in [0, 0.1) is 0 Å². The summed E-state index contributed by atoms with van der Waals surface area (Å²) in [5.41, 5.74) is 0. The van der Waals surface area contributed by atoms with Crippen LogP contribution in [-0.2, 0) is 9.84 Å². The molecule has 1 aliphatic carbocycles. The molecule has 0 amide bonds. The number of hydrogen-bond acceptors (Lipinski definition) is 4. The Balaban J connectivity index is 1.69. The van der Waals surface area contributed by atoms with E-state index in [0.29, 0.717) is 23.3 Å². The lowest BCUT2D eigenvalue weighted by Gasteiger charge is -2.22. The van der Waals surface area contributed by atoms with Crippen LogP contribution in [0.25, 0.3) is 0 Å². The van der Waals surface area contributed by atoms with E-state index >= 15 is 0 Å². The first-order valence-corrected chi connectivity index (χ1v) is 9.61. The third-order valence-corrected chi connectivity index (χ3v) is 4.97. The molecule has 4 nitrogen and oxygen atoms in total. The predicted molar refractivity (Wildman–Crippen MR) is 84.5 cm³/mol. The second-order valence-electron chi connectivity index (χ2n) is 5.74. The molecule has 0 radical (unpaired) electrons. The molecule has 1 aliphatic rings. The summed E-state index contributed by atoms with van der Waals surface area (Å²) in [6, 6.07) is 7.36. The molecule has 0 heterocycles. The van der Waals surface area contributed by atoms with E-state index in [4.69, 9.17) is 4.74 Å². The van der Waals surface area contributed by atoms with Gasteiger partial charge in [0.15, 0.2) is 9.84 Å². The van der Waals surface area contributed by atoms with Crippen molar-refractivity contribution >= 4 is 9.84 Å². The van der Waals surface area contributed by atoms with Crippen LogP contribution < -0.4 is 10.1 Å². The molecule has 0 atom stereocenters. The summed E-state index contributed by atoms with van der Waals surface area (Å²) in [5.74, 6) is 0.621. The molecule has 1 aromatic rings. The second-order valence-corrected chi connectivity index (χ2v) is 7.75. The SMILES string of the molecule is CS(=O)(=O)c1cccc(OCCCNC2CCCCC2)c1. The molecule has 21 heavy (non-hydrogen) atoms. The van der Waals surface area contributed by atoms with E-state index in [9.17, 15) is 8.42 Å². The predicted octanol–water partition coefficient (Wildman–Crippen LogP) is 2.78. The fraction of sp³-hybridized carbons (Fsp3) is 0.625. The van der Waals surface area contributed by atoms with Gasteiger partial charge < -0.3 is 10.1 Å². The molecule has 0 aromatic heterocycles. The van der Waals surface area contributed by atoms with Crippen molar-refractivity contribution in [2.24, 2.45) is 0 Å². The van der Waals surface area contributed by atoms with Crippen LogP contribution in [0.15, 0.2) is 29.2 Å². The molecule has 1 N–H and O–H groups in total. The Morgan fingerprint density at radius 3 is 2.71 bits per heavy atom. The van der Waals surface area contributed by atoms with Crippen molar-refractivity contribution in [2.45, 2.75) is 49.5 Å². The topological polar surface area (TPSA) is 55.4 Å². The number of ether oxygens (including phenoxy) is 1. The summed E-state index contributed by atoms with van der Waals surface area (Å²) >= 11 is 0. The molecule has 0 spiro atoms. The molecule has 0 bridgehead atoms. The Kier molecular flexibility index (Phi) is 6.06. The van der Waals surface area contributed by atoms with Gasteiger partial charge in [-0.1, -0.05) is 25.3 Å². The van der Waals surface area contributed by atoms with Gasteiger partial charge in [-0.2, -0.15) is 0 Å². The van der Waals surface area contributed by atoms with Gasteiger partial charge in [0.2, 0.25) is 0 Å². The Bertz CT molecular complexity index is 536. The smallest absolute Gasteiger partial charge is 0.175 e. The van der Waals surface area contributed by atoms with Gasteiger partial charge in [-0.15, -0.1) is 0 Å². The highest BCUT2D eigenvalue weighted by atomic mass is 32.2. The van der Waals surface area contributed by atoms with Crippen LogP contribution in [-0.4, -0.2) is 33.9 Å². The summed E-state index contributed by atoms with van der Waals surface area (Å²) in [6.07, 6.45) is 8.77. The van der Waals surface area contributed by atoms with Crippen molar-refractivity contribution in [1.82, 2.24) is 5.32 Å². The lowest BCUT2D eigenvalue weighted by atomic mass is 9.95. The molecule has 1 fully saturated rings. The van der Waals surface area contributed by atoms with E-state index in [1.54, 1.807) is 24.3 Å². The zero-order chi connectivity index (χ0) is 15.1. The van der Waals surface area contributed by atoms with Gasteiger partial charge in [0.25, 0.3) is 0 Å². The monoisotopic (exact) mass is 311 g/mol. The minimum Gasteiger partial charge on any atom is -0.494 e. The van der Waals surface area contributed by atoms with Gasteiger partial charge in [0.05, 0.1) is 11.5 Å². The number of hydrogen-bond donors (Lipinski definition) is 1. The summed E-state index contributed by atoms with van der Waals surface area (Å²) in [6.45, 7) is 1.56. The minimum absolute atomic E-state index is 0.306. The highest BCUT2D eigenvalue weighted by Gasteiger charge is 2.12. The quantitative estimate of drug-likeness (QED) is 0.787. The van der Waals surface area contributed by atoms with Gasteiger partial charge in [0, 0.05) is 12.3 Å². The zero-order valence-electron chi connectivity index (χ0n) is 12.7. The van der Waals surface area contributed by atoms with Crippen molar-refractivity contribution in [3.8, 4) is 5.75 Å². The van der Waals surface area contributed by atoms with E-state index in [1.807, 2.05) is 0 Å². The fourth-order valence-electron chi connectivity index (χ4n) is 2.67. The molecule has 0 aliphatic heterocycles. The Morgan fingerprint density at radius 2 is 2.00 bits per heavy atom. The first-order valence-electron chi connectivity index (χ1n) is 7.72. The van der Waals surface area contributed by atoms with E-state index in [-0.39, 0.29) is 0 Å². The fourth-order valence-corrected chi connectivity index (χ4v) is 3.33. The lowest BCUT2D eigenvalue weighted by molar-refractivity contribution is 0.296. The summed E-state index contributed by atoms with van der Waals surface area (Å²) in [5, 5.41) is 3.57. The summed E-state index contributed by atoms with van der Waals surface area (Å²) < 4.78 is 28.6. The lowest BCUT2D eigenvalue weighted by Crippen LogP contribution is -2.32. The van der Waals surface area contributed by atoms with Gasteiger partial charge >= 0.3 is 0 Å². The van der Waals surface area contributed by atoms with E-state index in [2.05, 4.69) is 5.32 Å². The first kappa shape index (κ1) is 16.3. The average Bonchev–Trinajstić information content (AvgIpc) is 2.47. The number of nitrogens with one attached hydrogen (secondary N) is 1. The molecule has 5 heteroatoms. The van der Waals surface area contributed by atoms with Crippen molar-refractivity contribution in [1.29, 1.82) is 0 Å². The van der Waals surface area contributed by atoms with Gasteiger partial charge in [-0.05, 0) is 44.0 Å². The third kappa shape index (κ3) is 5.67. The highest BCUT2D eigenvalue weighted by molar-refractivity contribution is 7.90. The van der Waals surface area contributed by atoms with Crippen LogP contribution in [0.1, 0.15) is 38.5 Å². The molecule has 0 saturated heterocycles. The number of rotatable bonds is 7. The number of sulfone groups is 1. The minimum atomic E-state index is -3.17. The first-order chi connectivity index (χ1) is 10.1. The zero-order valence-corrected chi connectivity index (χ0v) is 13.5. The van der Waals surface area contributed by atoms with E-state index in [0.717, 1.165) is 13.0 Å². The number of benzene rings is 1. The standard InChI is InChI=1S/C16H25NO3S/c1-21(18,19)16-10-5-9-15(13-16)20-12-6-11-17-14-7-3-2-4-8-14/h5,9-10,13-14,17H,2-4,6-8,11-12H2,1H3.